The highest BCUT2D eigenvalue weighted by Crippen LogP contribution is 2.32. The second kappa shape index (κ2) is 7.61. The number of hydrogen-bond donors (Lipinski definition) is 1. The smallest absolute Gasteiger partial charge is 0.378 e. The Morgan fingerprint density at radius 1 is 1.00 bits per heavy atom. The zero-order valence-corrected chi connectivity index (χ0v) is 15.2. The van der Waals surface area contributed by atoms with Gasteiger partial charge in [0.15, 0.2) is 5.69 Å². The van der Waals surface area contributed by atoms with Gasteiger partial charge in [-0.2, -0.15) is 18.3 Å². The van der Waals surface area contributed by atoms with E-state index >= 15 is 0 Å². The van der Waals surface area contributed by atoms with Gasteiger partial charge in [0.25, 0.3) is 0 Å². The first-order valence-electron chi connectivity index (χ1n) is 8.61. The monoisotopic (exact) mass is 395 g/mol. The summed E-state index contributed by atoms with van der Waals surface area (Å²) in [4.78, 5) is 0. The van der Waals surface area contributed by atoms with Crippen molar-refractivity contribution in [1.29, 1.82) is 0 Å². The first kappa shape index (κ1) is 19.9. The normalized spacial score (nSPS) is 11.7. The van der Waals surface area contributed by atoms with Gasteiger partial charge in [0.2, 0.25) is 0 Å². The first-order chi connectivity index (χ1) is 13.2. The Morgan fingerprint density at radius 3 is 2.32 bits per heavy atom. The van der Waals surface area contributed by atoms with Crippen LogP contribution in [-0.4, -0.2) is 9.78 Å². The quantitative estimate of drug-likeness (QED) is 0.574. The van der Waals surface area contributed by atoms with Crippen molar-refractivity contribution < 1.29 is 22.0 Å². The van der Waals surface area contributed by atoms with E-state index in [2.05, 4.69) is 10.4 Å². The number of hydrogen-bond acceptors (Lipinski definition) is 2. The fourth-order valence-electron chi connectivity index (χ4n) is 2.84. The van der Waals surface area contributed by atoms with Crippen LogP contribution in [0.15, 0.2) is 42.5 Å². The molecule has 3 aromatic rings. The summed E-state index contributed by atoms with van der Waals surface area (Å²) < 4.78 is 67.9. The number of anilines is 1. The van der Waals surface area contributed by atoms with Gasteiger partial charge in [0.05, 0.1) is 11.4 Å². The highest BCUT2D eigenvalue weighted by molar-refractivity contribution is 5.64. The van der Waals surface area contributed by atoms with Crippen LogP contribution in [0.1, 0.15) is 23.7 Å². The van der Waals surface area contributed by atoms with Crippen molar-refractivity contribution in [2.75, 3.05) is 5.32 Å². The number of rotatable bonds is 5. The number of aryl methyl sites for hydroxylation is 2. The highest BCUT2D eigenvalue weighted by atomic mass is 19.4. The number of aromatic nitrogens is 2. The second-order valence-electron chi connectivity index (χ2n) is 6.36. The first-order valence-corrected chi connectivity index (χ1v) is 8.61. The maximum absolute atomic E-state index is 14.4. The fourth-order valence-corrected chi connectivity index (χ4v) is 2.84. The summed E-state index contributed by atoms with van der Waals surface area (Å²) in [6.45, 7) is 2.00. The second-order valence-corrected chi connectivity index (χ2v) is 6.36. The summed E-state index contributed by atoms with van der Waals surface area (Å²) in [5.74, 6) is -1.03. The van der Waals surface area contributed by atoms with Crippen molar-refractivity contribution in [2.24, 2.45) is 7.05 Å². The van der Waals surface area contributed by atoms with Gasteiger partial charge >= 0.3 is 6.18 Å². The van der Waals surface area contributed by atoms with Crippen molar-refractivity contribution in [3.63, 3.8) is 0 Å². The molecule has 0 atom stereocenters. The lowest BCUT2D eigenvalue weighted by molar-refractivity contribution is -0.141. The van der Waals surface area contributed by atoms with Gasteiger partial charge in [0.1, 0.15) is 11.6 Å². The Kier molecular flexibility index (Phi) is 5.40. The third kappa shape index (κ3) is 4.16. The number of benzene rings is 2. The third-order valence-electron chi connectivity index (χ3n) is 4.43. The SMILES string of the molecule is CCc1ccc(CNc2ccc(-c3cc(C(F)(F)F)nn3C)cc2F)c(F)c1. The Bertz CT molecular complexity index is 992. The zero-order chi connectivity index (χ0) is 20.5. The Balaban J connectivity index is 1.79. The van der Waals surface area contributed by atoms with Crippen LogP contribution in [0.5, 0.6) is 0 Å². The Hall–Kier alpha value is -2.90. The number of halogens is 5. The molecule has 0 aliphatic rings. The van der Waals surface area contributed by atoms with Crippen LogP contribution in [-0.2, 0) is 26.2 Å². The van der Waals surface area contributed by atoms with Gasteiger partial charge in [-0.15, -0.1) is 0 Å². The van der Waals surface area contributed by atoms with Crippen molar-refractivity contribution in [1.82, 2.24) is 9.78 Å². The molecule has 3 nitrogen and oxygen atoms in total. The van der Waals surface area contributed by atoms with Gasteiger partial charge in [-0.1, -0.05) is 25.1 Å². The van der Waals surface area contributed by atoms with Crippen molar-refractivity contribution >= 4 is 5.69 Å². The third-order valence-corrected chi connectivity index (χ3v) is 4.43. The van der Waals surface area contributed by atoms with E-state index in [0.717, 1.165) is 22.4 Å². The summed E-state index contributed by atoms with van der Waals surface area (Å²) in [5.41, 5.74) is 0.735. The number of nitrogens with one attached hydrogen (secondary N) is 1. The van der Waals surface area contributed by atoms with Crippen molar-refractivity contribution in [3.05, 3.63) is 70.9 Å². The lowest BCUT2D eigenvalue weighted by atomic mass is 10.1. The number of alkyl halides is 3. The van der Waals surface area contributed by atoms with E-state index in [1.807, 2.05) is 6.92 Å². The minimum absolute atomic E-state index is 0.0794. The fraction of sp³-hybridized carbons (Fsp3) is 0.250. The van der Waals surface area contributed by atoms with E-state index in [1.54, 1.807) is 12.1 Å². The minimum Gasteiger partial charge on any atom is -0.378 e. The van der Waals surface area contributed by atoms with Gasteiger partial charge in [0, 0.05) is 24.7 Å². The van der Waals surface area contributed by atoms with Crippen LogP contribution >= 0.6 is 0 Å². The van der Waals surface area contributed by atoms with E-state index in [1.165, 1.54) is 25.2 Å². The molecule has 0 spiro atoms. The number of nitrogens with zero attached hydrogens (tertiary/aromatic N) is 2. The molecule has 2 aromatic carbocycles. The molecular formula is C20H18F5N3. The molecule has 0 aliphatic carbocycles. The van der Waals surface area contributed by atoms with Crippen LogP contribution in [0.3, 0.4) is 0 Å². The van der Waals surface area contributed by atoms with Gasteiger partial charge in [-0.05, 0) is 36.2 Å². The van der Waals surface area contributed by atoms with Crippen molar-refractivity contribution in [2.45, 2.75) is 26.1 Å². The average molecular weight is 395 g/mol. The Morgan fingerprint density at radius 2 is 1.75 bits per heavy atom. The predicted octanol–water partition coefficient (Wildman–Crippen LogP) is 5.56. The average Bonchev–Trinajstić information content (AvgIpc) is 3.03. The van der Waals surface area contributed by atoms with E-state index < -0.39 is 17.7 Å². The maximum Gasteiger partial charge on any atom is 0.435 e. The molecule has 0 unspecified atom stereocenters. The molecule has 0 radical (unpaired) electrons. The molecule has 0 amide bonds. The van der Waals surface area contributed by atoms with Crippen LogP contribution in [0.25, 0.3) is 11.3 Å². The lowest BCUT2D eigenvalue weighted by Crippen LogP contribution is -2.06. The van der Waals surface area contributed by atoms with Crippen molar-refractivity contribution in [3.8, 4) is 11.3 Å². The minimum atomic E-state index is -4.58. The standard InChI is InChI=1S/C20H18F5N3/c1-3-12-4-5-14(15(21)8-12)11-26-17-7-6-13(9-16(17)22)18-10-19(20(23,24)25)27-28(18)2/h4-10,26H,3,11H2,1-2H3. The van der Waals surface area contributed by atoms with Crippen LogP contribution in [0, 0.1) is 11.6 Å². The van der Waals surface area contributed by atoms with Gasteiger partial charge < -0.3 is 5.32 Å². The van der Waals surface area contributed by atoms with Crippen LogP contribution < -0.4 is 5.32 Å². The van der Waals surface area contributed by atoms with E-state index in [4.69, 9.17) is 0 Å². The highest BCUT2D eigenvalue weighted by Gasteiger charge is 2.34. The molecule has 0 fully saturated rings. The molecule has 1 aromatic heterocycles. The molecule has 148 valence electrons. The molecule has 3 rings (SSSR count). The predicted molar refractivity (Wildman–Crippen MR) is 96.7 cm³/mol. The largest absolute Gasteiger partial charge is 0.435 e. The molecule has 0 saturated carbocycles. The molecule has 0 aliphatic heterocycles. The van der Waals surface area contributed by atoms with Gasteiger partial charge in [-0.25, -0.2) is 8.78 Å². The van der Waals surface area contributed by atoms with Crippen LogP contribution in [0.2, 0.25) is 0 Å². The summed E-state index contributed by atoms with van der Waals surface area (Å²) in [6, 6.07) is 9.77. The molecule has 0 bridgehead atoms. The summed E-state index contributed by atoms with van der Waals surface area (Å²) in [7, 11) is 1.36. The molecule has 1 heterocycles. The molecule has 1 N–H and O–H groups in total. The topological polar surface area (TPSA) is 29.9 Å². The summed E-state index contributed by atoms with van der Waals surface area (Å²) in [6.07, 6.45) is -3.86. The van der Waals surface area contributed by atoms with E-state index in [-0.39, 0.29) is 29.3 Å². The molecule has 28 heavy (non-hydrogen) atoms. The van der Waals surface area contributed by atoms with E-state index in [9.17, 15) is 22.0 Å². The molecular weight excluding hydrogens is 377 g/mol. The maximum atomic E-state index is 14.4. The zero-order valence-electron chi connectivity index (χ0n) is 15.2. The Labute approximate surface area is 158 Å². The molecule has 0 saturated heterocycles. The summed E-state index contributed by atoms with van der Waals surface area (Å²) >= 11 is 0. The van der Waals surface area contributed by atoms with Crippen LogP contribution in [0.4, 0.5) is 27.6 Å². The van der Waals surface area contributed by atoms with Gasteiger partial charge in [-0.3, -0.25) is 4.68 Å². The summed E-state index contributed by atoms with van der Waals surface area (Å²) in [5, 5.41) is 6.23. The van der Waals surface area contributed by atoms with E-state index in [0.29, 0.717) is 12.0 Å². The molecule has 8 heteroatoms. The lowest BCUT2D eigenvalue weighted by Gasteiger charge is -2.11.